The van der Waals surface area contributed by atoms with Crippen molar-refractivity contribution in [2.24, 2.45) is 0 Å². The molecule has 13 heavy (non-hydrogen) atoms. The molecule has 5 heteroatoms. The summed E-state index contributed by atoms with van der Waals surface area (Å²) in [4.78, 5) is 7.84. The molecule has 1 unspecified atom stereocenters. The van der Waals surface area contributed by atoms with Crippen molar-refractivity contribution in [3.05, 3.63) is 17.5 Å². The SMILES string of the molecule is CC(O)CCNc1nccnc1Cl. The van der Waals surface area contributed by atoms with E-state index in [1.165, 1.54) is 6.20 Å². The van der Waals surface area contributed by atoms with E-state index in [9.17, 15) is 0 Å². The van der Waals surface area contributed by atoms with Gasteiger partial charge in [0.15, 0.2) is 11.0 Å². The minimum atomic E-state index is -0.317. The summed E-state index contributed by atoms with van der Waals surface area (Å²) in [6.07, 6.45) is 3.44. The summed E-state index contributed by atoms with van der Waals surface area (Å²) in [6.45, 7) is 2.37. The minimum absolute atomic E-state index is 0.317. The van der Waals surface area contributed by atoms with Crippen molar-refractivity contribution in [1.82, 2.24) is 9.97 Å². The summed E-state index contributed by atoms with van der Waals surface area (Å²) in [5.41, 5.74) is 0. The second-order valence-corrected chi connectivity index (χ2v) is 3.12. The van der Waals surface area contributed by atoms with Gasteiger partial charge in [-0.1, -0.05) is 11.6 Å². The van der Waals surface area contributed by atoms with Gasteiger partial charge in [-0.3, -0.25) is 0 Å². The maximum Gasteiger partial charge on any atom is 0.171 e. The Hall–Kier alpha value is -0.870. The molecule has 0 aliphatic heterocycles. The van der Waals surface area contributed by atoms with Crippen molar-refractivity contribution in [2.75, 3.05) is 11.9 Å². The molecule has 0 amide bonds. The fraction of sp³-hybridized carbons (Fsp3) is 0.500. The van der Waals surface area contributed by atoms with Crippen LogP contribution in [0.3, 0.4) is 0 Å². The molecule has 0 saturated heterocycles. The summed E-state index contributed by atoms with van der Waals surface area (Å²) in [5, 5.41) is 12.3. The zero-order chi connectivity index (χ0) is 9.68. The van der Waals surface area contributed by atoms with Crippen LogP contribution in [-0.2, 0) is 0 Å². The molecule has 0 bridgehead atoms. The first-order valence-electron chi connectivity index (χ1n) is 4.08. The van der Waals surface area contributed by atoms with E-state index >= 15 is 0 Å². The summed E-state index contributed by atoms with van der Waals surface area (Å²) in [7, 11) is 0. The van der Waals surface area contributed by atoms with E-state index in [0.29, 0.717) is 23.9 Å². The van der Waals surface area contributed by atoms with Gasteiger partial charge in [-0.25, -0.2) is 9.97 Å². The first-order chi connectivity index (χ1) is 6.20. The summed E-state index contributed by atoms with van der Waals surface area (Å²) < 4.78 is 0. The number of aromatic nitrogens is 2. The van der Waals surface area contributed by atoms with Crippen molar-refractivity contribution >= 4 is 17.4 Å². The van der Waals surface area contributed by atoms with E-state index in [-0.39, 0.29) is 6.10 Å². The molecule has 72 valence electrons. The Bertz CT molecular complexity index is 267. The van der Waals surface area contributed by atoms with E-state index in [1.807, 2.05) is 0 Å². The number of anilines is 1. The molecule has 0 aliphatic carbocycles. The van der Waals surface area contributed by atoms with Gasteiger partial charge in [0.05, 0.1) is 6.10 Å². The lowest BCUT2D eigenvalue weighted by molar-refractivity contribution is 0.188. The third kappa shape index (κ3) is 3.57. The molecule has 1 aromatic heterocycles. The second kappa shape index (κ2) is 4.99. The number of nitrogens with one attached hydrogen (secondary N) is 1. The lowest BCUT2D eigenvalue weighted by Gasteiger charge is -2.07. The maximum absolute atomic E-state index is 8.99. The van der Waals surface area contributed by atoms with Gasteiger partial charge in [-0.15, -0.1) is 0 Å². The number of hydrogen-bond acceptors (Lipinski definition) is 4. The van der Waals surface area contributed by atoms with Crippen LogP contribution in [0.1, 0.15) is 13.3 Å². The number of nitrogens with zero attached hydrogens (tertiary/aromatic N) is 2. The fourth-order valence-electron chi connectivity index (χ4n) is 0.839. The highest BCUT2D eigenvalue weighted by molar-refractivity contribution is 6.31. The Morgan fingerprint density at radius 2 is 2.23 bits per heavy atom. The van der Waals surface area contributed by atoms with Crippen molar-refractivity contribution in [1.29, 1.82) is 0 Å². The maximum atomic E-state index is 8.99. The van der Waals surface area contributed by atoms with E-state index in [0.717, 1.165) is 0 Å². The average Bonchev–Trinajstić information content (AvgIpc) is 2.08. The Kier molecular flexibility index (Phi) is 3.92. The zero-order valence-corrected chi connectivity index (χ0v) is 8.12. The molecule has 4 nitrogen and oxygen atoms in total. The van der Waals surface area contributed by atoms with Crippen LogP contribution in [0.25, 0.3) is 0 Å². The van der Waals surface area contributed by atoms with E-state index in [4.69, 9.17) is 16.7 Å². The van der Waals surface area contributed by atoms with Gasteiger partial charge < -0.3 is 10.4 Å². The molecule has 0 aromatic carbocycles. The molecule has 1 aromatic rings. The lowest BCUT2D eigenvalue weighted by atomic mass is 10.3. The zero-order valence-electron chi connectivity index (χ0n) is 7.37. The van der Waals surface area contributed by atoms with E-state index < -0.39 is 0 Å². The Labute approximate surface area is 82.0 Å². The summed E-state index contributed by atoms with van der Waals surface area (Å²) in [6, 6.07) is 0. The minimum Gasteiger partial charge on any atom is -0.393 e. The predicted octanol–water partition coefficient (Wildman–Crippen LogP) is 1.31. The molecular weight excluding hydrogens is 190 g/mol. The van der Waals surface area contributed by atoms with Crippen molar-refractivity contribution in [3.63, 3.8) is 0 Å². The normalized spacial score (nSPS) is 12.5. The quantitative estimate of drug-likeness (QED) is 0.772. The third-order valence-electron chi connectivity index (χ3n) is 1.51. The number of hydrogen-bond donors (Lipinski definition) is 2. The number of rotatable bonds is 4. The molecule has 0 saturated carbocycles. The van der Waals surface area contributed by atoms with E-state index in [1.54, 1.807) is 13.1 Å². The van der Waals surface area contributed by atoms with Crippen LogP contribution < -0.4 is 5.32 Å². The van der Waals surface area contributed by atoms with Crippen LogP contribution in [0.2, 0.25) is 5.15 Å². The second-order valence-electron chi connectivity index (χ2n) is 2.76. The molecule has 0 radical (unpaired) electrons. The standard InChI is InChI=1S/C8H12ClN3O/c1-6(13)2-3-11-8-7(9)10-4-5-12-8/h4-6,13H,2-3H2,1H3,(H,11,12). The van der Waals surface area contributed by atoms with Crippen LogP contribution in [0, 0.1) is 0 Å². The van der Waals surface area contributed by atoms with Crippen molar-refractivity contribution < 1.29 is 5.11 Å². The highest BCUT2D eigenvalue weighted by Crippen LogP contribution is 2.13. The first kappa shape index (κ1) is 10.2. The van der Waals surface area contributed by atoms with Crippen LogP contribution in [0.5, 0.6) is 0 Å². The smallest absolute Gasteiger partial charge is 0.171 e. The van der Waals surface area contributed by atoms with Gasteiger partial charge in [0.25, 0.3) is 0 Å². The first-order valence-corrected chi connectivity index (χ1v) is 4.46. The Morgan fingerprint density at radius 3 is 2.85 bits per heavy atom. The van der Waals surface area contributed by atoms with Crippen molar-refractivity contribution in [2.45, 2.75) is 19.4 Å². The van der Waals surface area contributed by atoms with Crippen molar-refractivity contribution in [3.8, 4) is 0 Å². The largest absolute Gasteiger partial charge is 0.393 e. The van der Waals surface area contributed by atoms with Gasteiger partial charge in [-0.2, -0.15) is 0 Å². The van der Waals surface area contributed by atoms with Gasteiger partial charge >= 0.3 is 0 Å². The highest BCUT2D eigenvalue weighted by Gasteiger charge is 2.01. The Morgan fingerprint density at radius 1 is 1.54 bits per heavy atom. The summed E-state index contributed by atoms with van der Waals surface area (Å²) in [5.74, 6) is 0.560. The molecule has 2 N–H and O–H groups in total. The third-order valence-corrected chi connectivity index (χ3v) is 1.78. The van der Waals surface area contributed by atoms with Gasteiger partial charge in [-0.05, 0) is 13.3 Å². The molecule has 0 spiro atoms. The monoisotopic (exact) mass is 201 g/mol. The van der Waals surface area contributed by atoms with Gasteiger partial charge in [0.2, 0.25) is 0 Å². The predicted molar refractivity (Wildman–Crippen MR) is 51.8 cm³/mol. The van der Waals surface area contributed by atoms with Crippen LogP contribution in [-0.4, -0.2) is 27.7 Å². The lowest BCUT2D eigenvalue weighted by Crippen LogP contribution is -2.10. The van der Waals surface area contributed by atoms with Crippen LogP contribution in [0.4, 0.5) is 5.82 Å². The average molecular weight is 202 g/mol. The van der Waals surface area contributed by atoms with E-state index in [2.05, 4.69) is 15.3 Å². The topological polar surface area (TPSA) is 58.0 Å². The number of halogens is 1. The molecule has 1 atom stereocenters. The summed E-state index contributed by atoms with van der Waals surface area (Å²) >= 11 is 5.74. The molecule has 0 fully saturated rings. The molecular formula is C8H12ClN3O. The number of aliphatic hydroxyl groups excluding tert-OH is 1. The highest BCUT2D eigenvalue weighted by atomic mass is 35.5. The van der Waals surface area contributed by atoms with Crippen LogP contribution >= 0.6 is 11.6 Å². The Balaban J connectivity index is 2.41. The van der Waals surface area contributed by atoms with Gasteiger partial charge in [0, 0.05) is 18.9 Å². The van der Waals surface area contributed by atoms with Gasteiger partial charge in [0.1, 0.15) is 0 Å². The fourth-order valence-corrected chi connectivity index (χ4v) is 1.01. The molecule has 1 heterocycles. The molecule has 0 aliphatic rings. The van der Waals surface area contributed by atoms with Crippen LogP contribution in [0.15, 0.2) is 12.4 Å². The molecule has 1 rings (SSSR count). The number of aliphatic hydroxyl groups is 1.